The van der Waals surface area contributed by atoms with Crippen LogP contribution >= 0.6 is 11.3 Å². The van der Waals surface area contributed by atoms with E-state index in [2.05, 4.69) is 48.4 Å². The highest BCUT2D eigenvalue weighted by atomic mass is 32.1. The van der Waals surface area contributed by atoms with E-state index in [1.807, 2.05) is 12.1 Å². The Morgan fingerprint density at radius 1 is 1.00 bits per heavy atom. The van der Waals surface area contributed by atoms with Gasteiger partial charge in [-0.05, 0) is 34.8 Å². The Bertz CT molecular complexity index is 1200. The molecule has 1 N–H and O–H groups in total. The summed E-state index contributed by atoms with van der Waals surface area (Å²) in [4.78, 5) is 38.4. The van der Waals surface area contributed by atoms with Crippen molar-refractivity contribution >= 4 is 40.3 Å². The van der Waals surface area contributed by atoms with Crippen molar-refractivity contribution in [2.45, 2.75) is 32.6 Å². The molecule has 1 aliphatic rings. The van der Waals surface area contributed by atoms with E-state index >= 15 is 0 Å². The lowest BCUT2D eigenvalue weighted by Crippen LogP contribution is -2.31. The van der Waals surface area contributed by atoms with Gasteiger partial charge in [-0.2, -0.15) is 0 Å². The summed E-state index contributed by atoms with van der Waals surface area (Å²) in [5.74, 6) is -0.901. The number of amides is 3. The quantitative estimate of drug-likeness (QED) is 0.437. The van der Waals surface area contributed by atoms with Crippen LogP contribution in [0, 0.1) is 0 Å². The first-order valence-corrected chi connectivity index (χ1v) is 11.4. The molecule has 33 heavy (non-hydrogen) atoms. The molecule has 0 bridgehead atoms. The molecule has 7 nitrogen and oxygen atoms in total. The van der Waals surface area contributed by atoms with Crippen LogP contribution in [0.2, 0.25) is 0 Å². The predicted molar refractivity (Wildman–Crippen MR) is 128 cm³/mol. The monoisotopic (exact) mass is 460 g/mol. The summed E-state index contributed by atoms with van der Waals surface area (Å²) in [5.41, 5.74) is 3.08. The van der Waals surface area contributed by atoms with Crippen LogP contribution in [-0.2, 0) is 16.6 Å². The topological polar surface area (TPSA) is 92.3 Å². The van der Waals surface area contributed by atoms with E-state index in [9.17, 15) is 14.4 Å². The number of hydrogen-bond acceptors (Lipinski definition) is 6. The fourth-order valence-corrected chi connectivity index (χ4v) is 4.20. The fraction of sp³-hybridized carbons (Fsp3) is 0.240. The van der Waals surface area contributed by atoms with E-state index < -0.39 is 0 Å². The number of nitrogens with zero attached hydrogens (tertiary/aromatic N) is 3. The van der Waals surface area contributed by atoms with E-state index in [1.54, 1.807) is 30.3 Å². The predicted octanol–water partition coefficient (Wildman–Crippen LogP) is 4.33. The molecule has 0 fully saturated rings. The Balaban J connectivity index is 1.31. The van der Waals surface area contributed by atoms with Crippen LogP contribution in [0.3, 0.4) is 0 Å². The first-order valence-electron chi connectivity index (χ1n) is 10.6. The summed E-state index contributed by atoms with van der Waals surface area (Å²) >= 11 is 1.22. The van der Waals surface area contributed by atoms with Crippen molar-refractivity contribution < 1.29 is 14.4 Å². The molecule has 0 saturated carbocycles. The van der Waals surface area contributed by atoms with Gasteiger partial charge in [0, 0.05) is 19.0 Å². The van der Waals surface area contributed by atoms with Crippen LogP contribution in [0.5, 0.6) is 0 Å². The van der Waals surface area contributed by atoms with Gasteiger partial charge in [-0.1, -0.05) is 68.5 Å². The first-order chi connectivity index (χ1) is 15.7. The number of hydrogen-bond donors (Lipinski definition) is 1. The average molecular weight is 461 g/mol. The second kappa shape index (κ2) is 9.07. The largest absolute Gasteiger partial charge is 0.297 e. The highest BCUT2D eigenvalue weighted by Crippen LogP contribution is 2.24. The number of nitrogens with one attached hydrogen (secondary N) is 1. The SMILES string of the molecule is CC(C)(C)c1ccc(/C=C/C(=O)Nc2nnc(CCN3C(=O)c4ccccc4C3=O)s2)cc1. The summed E-state index contributed by atoms with van der Waals surface area (Å²) in [7, 11) is 0. The lowest BCUT2D eigenvalue weighted by Gasteiger charge is -2.18. The van der Waals surface area contributed by atoms with Crippen molar-refractivity contribution in [2.24, 2.45) is 0 Å². The van der Waals surface area contributed by atoms with Crippen molar-refractivity contribution in [3.05, 3.63) is 81.9 Å². The standard InChI is InChI=1S/C25H24N4O3S/c1-25(2,3)17-11-8-16(9-12-17)10-13-20(30)26-24-28-27-21(33-24)14-15-29-22(31)18-6-4-5-7-19(18)23(29)32/h4-13H,14-15H2,1-3H3,(H,26,28,30)/b13-10+. The summed E-state index contributed by atoms with van der Waals surface area (Å²) in [5, 5.41) is 11.7. The van der Waals surface area contributed by atoms with E-state index in [1.165, 1.54) is 27.9 Å². The minimum atomic E-state index is -0.307. The minimum absolute atomic E-state index is 0.0779. The van der Waals surface area contributed by atoms with Gasteiger partial charge in [-0.25, -0.2) is 0 Å². The zero-order chi connectivity index (χ0) is 23.6. The maximum Gasteiger partial charge on any atom is 0.261 e. The number of benzene rings is 2. The first kappa shape index (κ1) is 22.5. The highest BCUT2D eigenvalue weighted by Gasteiger charge is 2.34. The Hall–Kier alpha value is -3.65. The van der Waals surface area contributed by atoms with E-state index in [0.29, 0.717) is 27.7 Å². The van der Waals surface area contributed by atoms with Crippen LogP contribution in [-0.4, -0.2) is 39.4 Å². The maximum absolute atomic E-state index is 12.4. The molecule has 0 saturated heterocycles. The number of anilines is 1. The van der Waals surface area contributed by atoms with E-state index in [-0.39, 0.29) is 29.7 Å². The van der Waals surface area contributed by atoms with Gasteiger partial charge >= 0.3 is 0 Å². The van der Waals surface area contributed by atoms with Gasteiger partial charge in [0.15, 0.2) is 0 Å². The molecule has 0 spiro atoms. The molecule has 2 heterocycles. The second-order valence-corrected chi connectivity index (χ2v) is 9.82. The van der Waals surface area contributed by atoms with Gasteiger partial charge in [-0.3, -0.25) is 24.6 Å². The van der Waals surface area contributed by atoms with E-state index in [4.69, 9.17) is 0 Å². The smallest absolute Gasteiger partial charge is 0.261 e. The number of aromatic nitrogens is 2. The average Bonchev–Trinajstić information content (AvgIpc) is 3.33. The molecular formula is C25H24N4O3S. The van der Waals surface area contributed by atoms with Gasteiger partial charge in [0.25, 0.3) is 11.8 Å². The molecule has 8 heteroatoms. The number of imide groups is 1. The van der Waals surface area contributed by atoms with Crippen molar-refractivity contribution in [3.8, 4) is 0 Å². The maximum atomic E-state index is 12.4. The van der Waals surface area contributed by atoms with Crippen molar-refractivity contribution in [2.75, 3.05) is 11.9 Å². The summed E-state index contributed by atoms with van der Waals surface area (Å²) in [6.07, 6.45) is 3.56. The Morgan fingerprint density at radius 3 is 2.24 bits per heavy atom. The third-order valence-corrected chi connectivity index (χ3v) is 6.23. The lowest BCUT2D eigenvalue weighted by molar-refractivity contribution is -0.111. The van der Waals surface area contributed by atoms with E-state index in [0.717, 1.165) is 5.56 Å². The highest BCUT2D eigenvalue weighted by molar-refractivity contribution is 7.15. The van der Waals surface area contributed by atoms with Gasteiger partial charge in [-0.15, -0.1) is 10.2 Å². The number of carbonyl (C=O) groups excluding carboxylic acids is 3. The van der Waals surface area contributed by atoms with Crippen LogP contribution < -0.4 is 5.32 Å². The third-order valence-electron chi connectivity index (χ3n) is 5.33. The second-order valence-electron chi connectivity index (χ2n) is 8.75. The Labute approximate surface area is 196 Å². The van der Waals surface area contributed by atoms with Crippen LogP contribution in [0.15, 0.2) is 54.6 Å². The van der Waals surface area contributed by atoms with Gasteiger partial charge in [0.1, 0.15) is 5.01 Å². The number of carbonyl (C=O) groups is 3. The van der Waals surface area contributed by atoms with Crippen LogP contribution in [0.4, 0.5) is 5.13 Å². The minimum Gasteiger partial charge on any atom is -0.297 e. The molecule has 0 aliphatic carbocycles. The molecule has 1 aromatic heterocycles. The molecule has 168 valence electrons. The van der Waals surface area contributed by atoms with Crippen molar-refractivity contribution in [3.63, 3.8) is 0 Å². The fourth-order valence-electron chi connectivity index (χ4n) is 3.47. The molecular weight excluding hydrogens is 436 g/mol. The molecule has 0 unspecified atom stereocenters. The Morgan fingerprint density at radius 2 is 1.64 bits per heavy atom. The molecule has 1 aliphatic heterocycles. The molecule has 2 aromatic carbocycles. The molecule has 0 atom stereocenters. The van der Waals surface area contributed by atoms with Crippen LogP contribution in [0.1, 0.15) is 57.6 Å². The summed E-state index contributed by atoms with van der Waals surface area (Å²) in [6, 6.07) is 14.9. The summed E-state index contributed by atoms with van der Waals surface area (Å²) in [6.45, 7) is 6.67. The third kappa shape index (κ3) is 5.06. The molecule has 3 aromatic rings. The normalized spacial score (nSPS) is 13.6. The van der Waals surface area contributed by atoms with Crippen molar-refractivity contribution in [1.82, 2.24) is 15.1 Å². The zero-order valence-electron chi connectivity index (χ0n) is 18.7. The molecule has 3 amide bonds. The van der Waals surface area contributed by atoms with Gasteiger partial charge in [0.2, 0.25) is 11.0 Å². The number of rotatable bonds is 6. The van der Waals surface area contributed by atoms with Gasteiger partial charge < -0.3 is 0 Å². The molecule has 4 rings (SSSR count). The number of fused-ring (bicyclic) bond motifs is 1. The van der Waals surface area contributed by atoms with Gasteiger partial charge in [0.05, 0.1) is 11.1 Å². The zero-order valence-corrected chi connectivity index (χ0v) is 19.5. The lowest BCUT2D eigenvalue weighted by atomic mass is 9.87. The Kier molecular flexibility index (Phi) is 6.20. The molecule has 0 radical (unpaired) electrons. The van der Waals surface area contributed by atoms with Crippen LogP contribution in [0.25, 0.3) is 6.08 Å². The van der Waals surface area contributed by atoms with Crippen molar-refractivity contribution in [1.29, 1.82) is 0 Å². The summed E-state index contributed by atoms with van der Waals surface area (Å²) < 4.78 is 0.